The van der Waals surface area contributed by atoms with E-state index in [4.69, 9.17) is 4.74 Å². The average Bonchev–Trinajstić information content (AvgIpc) is 3.13. The molecule has 1 nitrogen and oxygen atoms in total. The van der Waals surface area contributed by atoms with Crippen LogP contribution < -0.4 is 4.74 Å². The molecule has 266 valence electrons. The van der Waals surface area contributed by atoms with Crippen LogP contribution in [0.3, 0.4) is 0 Å². The van der Waals surface area contributed by atoms with Gasteiger partial charge in [0.1, 0.15) is 0 Å². The van der Waals surface area contributed by atoms with Crippen molar-refractivity contribution in [2.24, 2.45) is 17.8 Å². The zero-order valence-corrected chi connectivity index (χ0v) is 29.7. The van der Waals surface area contributed by atoms with E-state index in [2.05, 4.69) is 26.0 Å². The quantitative estimate of drug-likeness (QED) is 0.0833. The van der Waals surface area contributed by atoms with Gasteiger partial charge in [-0.1, -0.05) is 107 Å². The summed E-state index contributed by atoms with van der Waals surface area (Å²) >= 11 is 0. The smallest absolute Gasteiger partial charge is 0.201 e. The van der Waals surface area contributed by atoms with Crippen molar-refractivity contribution in [2.45, 2.75) is 129 Å². The summed E-state index contributed by atoms with van der Waals surface area (Å²) in [5.74, 6) is -1.30. The Morgan fingerprint density at radius 1 is 0.612 bits per heavy atom. The van der Waals surface area contributed by atoms with Crippen LogP contribution in [0.5, 0.6) is 5.75 Å². The van der Waals surface area contributed by atoms with E-state index in [0.717, 1.165) is 56.8 Å². The molecule has 5 rings (SSSR count). The first-order valence-corrected chi connectivity index (χ1v) is 19.2. The first-order valence-electron chi connectivity index (χ1n) is 19.2. The molecule has 5 heteroatoms. The molecular weight excluding hydrogens is 620 g/mol. The van der Waals surface area contributed by atoms with Crippen LogP contribution in [0.25, 0.3) is 22.3 Å². The lowest BCUT2D eigenvalue weighted by Crippen LogP contribution is -2.25. The maximum Gasteiger partial charge on any atom is 0.201 e. The Morgan fingerprint density at radius 3 is 1.78 bits per heavy atom. The van der Waals surface area contributed by atoms with Gasteiger partial charge in [-0.15, -0.1) is 0 Å². The SMILES string of the molecule is CC=CCCC1CCC(C2CCC(c3ccc(-c4ccc(-c5ccc(OCCCCCCCCC)c(F)c5F)cc4)c(F)c3F)CC2)CC1. The van der Waals surface area contributed by atoms with Crippen molar-refractivity contribution >= 4 is 0 Å². The van der Waals surface area contributed by atoms with E-state index in [1.165, 1.54) is 76.3 Å². The van der Waals surface area contributed by atoms with Crippen molar-refractivity contribution in [3.05, 3.63) is 89.5 Å². The third kappa shape index (κ3) is 9.79. The van der Waals surface area contributed by atoms with Gasteiger partial charge in [0.05, 0.1) is 6.61 Å². The lowest BCUT2D eigenvalue weighted by molar-refractivity contribution is 0.156. The predicted octanol–water partition coefficient (Wildman–Crippen LogP) is 14.1. The summed E-state index contributed by atoms with van der Waals surface area (Å²) in [6, 6.07) is 12.9. The summed E-state index contributed by atoms with van der Waals surface area (Å²) in [7, 11) is 0. The maximum absolute atomic E-state index is 15.5. The minimum Gasteiger partial charge on any atom is -0.490 e. The molecule has 0 aliphatic heterocycles. The van der Waals surface area contributed by atoms with Gasteiger partial charge < -0.3 is 4.74 Å². The summed E-state index contributed by atoms with van der Waals surface area (Å²) in [6.45, 7) is 4.62. The maximum atomic E-state index is 15.5. The van der Waals surface area contributed by atoms with E-state index >= 15 is 13.2 Å². The van der Waals surface area contributed by atoms with Gasteiger partial charge in [-0.05, 0) is 117 Å². The fourth-order valence-corrected chi connectivity index (χ4v) is 8.39. The topological polar surface area (TPSA) is 9.23 Å². The lowest BCUT2D eigenvalue weighted by atomic mass is 9.68. The highest BCUT2D eigenvalue weighted by Crippen LogP contribution is 2.45. The zero-order chi connectivity index (χ0) is 34.6. The highest BCUT2D eigenvalue weighted by Gasteiger charge is 2.32. The van der Waals surface area contributed by atoms with E-state index in [0.29, 0.717) is 29.2 Å². The molecule has 2 fully saturated rings. The molecule has 3 aromatic carbocycles. The average molecular weight is 677 g/mol. The molecule has 0 radical (unpaired) electrons. The van der Waals surface area contributed by atoms with Gasteiger partial charge in [0.25, 0.3) is 0 Å². The minimum atomic E-state index is -1.01. The van der Waals surface area contributed by atoms with Crippen molar-refractivity contribution in [3.63, 3.8) is 0 Å². The molecule has 0 amide bonds. The molecule has 0 heterocycles. The summed E-state index contributed by atoms with van der Waals surface area (Å²) < 4.78 is 66.6. The molecule has 0 unspecified atom stereocenters. The van der Waals surface area contributed by atoms with Crippen molar-refractivity contribution in [3.8, 4) is 28.0 Å². The third-order valence-electron chi connectivity index (χ3n) is 11.4. The van der Waals surface area contributed by atoms with Gasteiger partial charge in [0.2, 0.25) is 5.82 Å². The second kappa shape index (κ2) is 18.8. The Kier molecular flexibility index (Phi) is 14.3. The highest BCUT2D eigenvalue weighted by atomic mass is 19.2. The fraction of sp³-hybridized carbons (Fsp3) is 0.545. The Labute approximate surface area is 292 Å². The lowest BCUT2D eigenvalue weighted by Gasteiger charge is -2.38. The van der Waals surface area contributed by atoms with E-state index in [9.17, 15) is 4.39 Å². The second-order valence-corrected chi connectivity index (χ2v) is 14.7. The number of hydrogen-bond acceptors (Lipinski definition) is 1. The van der Waals surface area contributed by atoms with Gasteiger partial charge in [0.15, 0.2) is 23.2 Å². The Balaban J connectivity index is 1.14. The number of halogens is 4. The minimum absolute atomic E-state index is 0.0414. The molecule has 2 saturated carbocycles. The second-order valence-electron chi connectivity index (χ2n) is 14.7. The number of ether oxygens (including phenoxy) is 1. The molecule has 2 aliphatic rings. The van der Waals surface area contributed by atoms with Crippen molar-refractivity contribution in [1.29, 1.82) is 0 Å². The third-order valence-corrected chi connectivity index (χ3v) is 11.4. The zero-order valence-electron chi connectivity index (χ0n) is 29.7. The van der Waals surface area contributed by atoms with Crippen molar-refractivity contribution in [2.75, 3.05) is 6.61 Å². The van der Waals surface area contributed by atoms with Crippen LogP contribution in [0.15, 0.2) is 60.7 Å². The molecule has 2 aliphatic carbocycles. The summed E-state index contributed by atoms with van der Waals surface area (Å²) in [6.07, 6.45) is 24.0. The van der Waals surface area contributed by atoms with Crippen LogP contribution in [-0.2, 0) is 0 Å². The van der Waals surface area contributed by atoms with E-state index in [1.54, 1.807) is 36.4 Å². The highest BCUT2D eigenvalue weighted by molar-refractivity contribution is 5.72. The van der Waals surface area contributed by atoms with Crippen LogP contribution in [-0.4, -0.2) is 6.61 Å². The normalized spacial score (nSPS) is 21.3. The van der Waals surface area contributed by atoms with Crippen molar-refractivity contribution in [1.82, 2.24) is 0 Å². The van der Waals surface area contributed by atoms with Gasteiger partial charge in [0, 0.05) is 11.1 Å². The Morgan fingerprint density at radius 2 is 1.16 bits per heavy atom. The van der Waals surface area contributed by atoms with Gasteiger partial charge in [-0.3, -0.25) is 0 Å². The van der Waals surface area contributed by atoms with Gasteiger partial charge >= 0.3 is 0 Å². The standard InChI is InChI=1S/C44H56F4O/c1-3-5-7-8-9-10-12-30-49-40-29-28-39(43(47)44(40)48)36-24-22-35(23-25-36)38-27-26-37(41(45)42(38)46)34-20-18-33(19-21-34)32-16-14-31(15-17-32)13-11-6-4-2/h4,6,22-29,31-34H,3,5,7-21,30H2,1-2H3. The largest absolute Gasteiger partial charge is 0.490 e. The van der Waals surface area contributed by atoms with E-state index in [-0.39, 0.29) is 22.8 Å². The predicted molar refractivity (Wildman–Crippen MR) is 195 cm³/mol. The molecule has 0 N–H and O–H groups in total. The fourth-order valence-electron chi connectivity index (χ4n) is 8.39. The summed E-state index contributed by atoms with van der Waals surface area (Å²) in [5, 5.41) is 0. The van der Waals surface area contributed by atoms with E-state index in [1.807, 2.05) is 0 Å². The van der Waals surface area contributed by atoms with Crippen LogP contribution in [0.4, 0.5) is 17.6 Å². The van der Waals surface area contributed by atoms with Gasteiger partial charge in [-0.25, -0.2) is 13.2 Å². The Hall–Kier alpha value is -3.08. The van der Waals surface area contributed by atoms with E-state index < -0.39 is 23.3 Å². The monoisotopic (exact) mass is 676 g/mol. The molecule has 0 spiro atoms. The van der Waals surface area contributed by atoms with Crippen molar-refractivity contribution < 1.29 is 22.3 Å². The first kappa shape index (κ1) is 37.2. The number of allylic oxidation sites excluding steroid dienone is 2. The molecule has 3 aromatic rings. The number of unbranched alkanes of at least 4 members (excludes halogenated alkanes) is 6. The Bertz CT molecular complexity index is 1480. The number of hydrogen-bond donors (Lipinski definition) is 0. The summed E-state index contributed by atoms with van der Waals surface area (Å²) in [5.41, 5.74) is 1.70. The van der Waals surface area contributed by atoms with Crippen LogP contribution in [0, 0.1) is 41.0 Å². The molecule has 0 atom stereocenters. The molecule has 49 heavy (non-hydrogen) atoms. The number of rotatable bonds is 16. The molecule has 0 saturated heterocycles. The van der Waals surface area contributed by atoms with Crippen LogP contribution in [0.1, 0.15) is 134 Å². The first-order chi connectivity index (χ1) is 23.9. The van der Waals surface area contributed by atoms with Gasteiger partial charge in [-0.2, -0.15) is 4.39 Å². The molecule has 0 bridgehead atoms. The summed E-state index contributed by atoms with van der Waals surface area (Å²) in [4.78, 5) is 0. The van der Waals surface area contributed by atoms with Crippen LogP contribution >= 0.6 is 0 Å². The van der Waals surface area contributed by atoms with Crippen LogP contribution in [0.2, 0.25) is 0 Å². The number of benzene rings is 3. The molecular formula is C44H56F4O. The molecule has 0 aromatic heterocycles.